The first-order valence-corrected chi connectivity index (χ1v) is 6.18. The minimum absolute atomic E-state index is 0.0198. The van der Waals surface area contributed by atoms with Crippen molar-refractivity contribution in [3.05, 3.63) is 35.8 Å². The van der Waals surface area contributed by atoms with Crippen molar-refractivity contribution in [2.45, 2.75) is 18.9 Å². The van der Waals surface area contributed by atoms with E-state index in [1.807, 2.05) is 11.9 Å². The molecular formula is C14H15FN2O. The van der Waals surface area contributed by atoms with Crippen LogP contribution in [-0.2, 0) is 0 Å². The van der Waals surface area contributed by atoms with Gasteiger partial charge < -0.3 is 4.98 Å². The van der Waals surface area contributed by atoms with Crippen LogP contribution < -0.4 is 0 Å². The summed E-state index contributed by atoms with van der Waals surface area (Å²) in [7, 11) is 1.95. The molecule has 3 nitrogen and oxygen atoms in total. The Hall–Kier alpha value is -1.68. The molecular weight excluding hydrogens is 231 g/mol. The largest absolute Gasteiger partial charge is 0.360 e. The molecule has 1 aliphatic rings. The molecule has 94 valence electrons. The Labute approximate surface area is 105 Å². The molecule has 1 atom stereocenters. The van der Waals surface area contributed by atoms with Crippen molar-refractivity contribution in [2.75, 3.05) is 13.6 Å². The number of ketones is 1. The summed E-state index contributed by atoms with van der Waals surface area (Å²) in [6.45, 7) is 0.932. The number of likely N-dealkylation sites (N-methyl/N-ethyl adjacent to an activating group) is 1. The number of hydrogen-bond donors (Lipinski definition) is 1. The van der Waals surface area contributed by atoms with Crippen LogP contribution in [0, 0.1) is 5.82 Å². The van der Waals surface area contributed by atoms with E-state index in [1.165, 1.54) is 6.07 Å². The summed E-state index contributed by atoms with van der Waals surface area (Å²) in [4.78, 5) is 17.5. The summed E-state index contributed by atoms with van der Waals surface area (Å²) in [5.74, 6) is -0.316. The van der Waals surface area contributed by atoms with Crippen molar-refractivity contribution in [3.8, 4) is 0 Å². The molecule has 3 rings (SSSR count). The molecule has 0 saturated carbocycles. The van der Waals surface area contributed by atoms with E-state index in [-0.39, 0.29) is 17.6 Å². The van der Waals surface area contributed by atoms with Crippen LogP contribution in [0.1, 0.15) is 23.2 Å². The molecule has 1 aromatic carbocycles. The van der Waals surface area contributed by atoms with Crippen molar-refractivity contribution >= 4 is 16.7 Å². The van der Waals surface area contributed by atoms with Gasteiger partial charge in [-0.2, -0.15) is 0 Å². The van der Waals surface area contributed by atoms with Crippen LogP contribution >= 0.6 is 0 Å². The highest BCUT2D eigenvalue weighted by atomic mass is 19.1. The van der Waals surface area contributed by atoms with Gasteiger partial charge in [-0.15, -0.1) is 0 Å². The summed E-state index contributed by atoms with van der Waals surface area (Å²) < 4.78 is 13.8. The topological polar surface area (TPSA) is 36.1 Å². The van der Waals surface area contributed by atoms with Crippen molar-refractivity contribution in [3.63, 3.8) is 0 Å². The zero-order valence-electron chi connectivity index (χ0n) is 10.2. The molecule has 1 aromatic heterocycles. The highest BCUT2D eigenvalue weighted by Gasteiger charge is 2.30. The van der Waals surface area contributed by atoms with Crippen molar-refractivity contribution in [2.24, 2.45) is 0 Å². The van der Waals surface area contributed by atoms with Gasteiger partial charge in [-0.25, -0.2) is 4.39 Å². The smallest absolute Gasteiger partial charge is 0.182 e. The zero-order chi connectivity index (χ0) is 12.7. The molecule has 1 aliphatic heterocycles. The van der Waals surface area contributed by atoms with E-state index in [0.29, 0.717) is 16.5 Å². The van der Waals surface area contributed by atoms with Crippen LogP contribution in [0.5, 0.6) is 0 Å². The minimum atomic E-state index is -0.335. The van der Waals surface area contributed by atoms with Crippen LogP contribution in [0.25, 0.3) is 10.9 Å². The third-order valence-corrected chi connectivity index (χ3v) is 3.74. The Morgan fingerprint density at radius 3 is 3.06 bits per heavy atom. The Morgan fingerprint density at radius 1 is 1.50 bits per heavy atom. The summed E-state index contributed by atoms with van der Waals surface area (Å²) >= 11 is 0. The first-order chi connectivity index (χ1) is 8.68. The minimum Gasteiger partial charge on any atom is -0.360 e. The summed E-state index contributed by atoms with van der Waals surface area (Å²) in [5.41, 5.74) is 1.15. The fourth-order valence-electron chi connectivity index (χ4n) is 2.76. The van der Waals surface area contributed by atoms with Crippen molar-refractivity contribution < 1.29 is 9.18 Å². The predicted octanol–water partition coefficient (Wildman–Crippen LogP) is 2.58. The van der Waals surface area contributed by atoms with Gasteiger partial charge in [-0.1, -0.05) is 6.07 Å². The molecule has 0 unspecified atom stereocenters. The van der Waals surface area contributed by atoms with E-state index in [1.54, 1.807) is 18.3 Å². The summed E-state index contributed by atoms with van der Waals surface area (Å²) in [6, 6.07) is 4.71. The maximum absolute atomic E-state index is 13.8. The second-order valence-corrected chi connectivity index (χ2v) is 4.87. The van der Waals surface area contributed by atoms with E-state index in [4.69, 9.17) is 0 Å². The highest BCUT2D eigenvalue weighted by Crippen LogP contribution is 2.26. The number of hydrogen-bond acceptors (Lipinski definition) is 2. The molecule has 1 saturated heterocycles. The van der Waals surface area contributed by atoms with Gasteiger partial charge in [0.25, 0.3) is 0 Å². The number of carbonyl (C=O) groups excluding carboxylic acids is 1. The Kier molecular flexibility index (Phi) is 2.67. The molecule has 0 radical (unpaired) electrons. The van der Waals surface area contributed by atoms with Gasteiger partial charge in [0, 0.05) is 22.7 Å². The number of aromatic amines is 1. The van der Waals surface area contributed by atoms with Crippen LogP contribution in [0.2, 0.25) is 0 Å². The number of rotatable bonds is 2. The summed E-state index contributed by atoms with van der Waals surface area (Å²) in [5, 5.41) is 0.419. The summed E-state index contributed by atoms with van der Waals surface area (Å²) in [6.07, 6.45) is 3.51. The standard InChI is InChI=1S/C14H15FN2O/c1-17-7-3-6-12(17)14(18)9-8-16-11-5-2-4-10(15)13(9)11/h2,4-5,8,12,16H,3,6-7H2,1H3/t12-/m0/s1. The van der Waals surface area contributed by atoms with Crippen LogP contribution in [0.15, 0.2) is 24.4 Å². The number of benzene rings is 1. The number of nitrogens with zero attached hydrogens (tertiary/aromatic N) is 1. The van der Waals surface area contributed by atoms with Gasteiger partial charge in [0.15, 0.2) is 5.78 Å². The lowest BCUT2D eigenvalue weighted by atomic mass is 10.0. The van der Waals surface area contributed by atoms with E-state index in [2.05, 4.69) is 4.98 Å². The Morgan fingerprint density at radius 2 is 2.33 bits per heavy atom. The van der Waals surface area contributed by atoms with Gasteiger partial charge in [0.05, 0.1) is 6.04 Å². The SMILES string of the molecule is CN1CCC[C@H]1C(=O)c1c[nH]c2cccc(F)c12. The normalized spacial score (nSPS) is 20.7. The zero-order valence-corrected chi connectivity index (χ0v) is 10.2. The maximum atomic E-state index is 13.8. The fraction of sp³-hybridized carbons (Fsp3) is 0.357. The third-order valence-electron chi connectivity index (χ3n) is 3.74. The van der Waals surface area contributed by atoms with Crippen molar-refractivity contribution in [1.29, 1.82) is 0 Å². The molecule has 0 amide bonds. The second kappa shape index (κ2) is 4.21. The van der Waals surface area contributed by atoms with Crippen molar-refractivity contribution in [1.82, 2.24) is 9.88 Å². The van der Waals surface area contributed by atoms with Crippen LogP contribution in [-0.4, -0.2) is 35.3 Å². The Balaban J connectivity index is 2.07. The number of Topliss-reactive ketones (excluding diaryl/α,β-unsaturated/α-hetero) is 1. The maximum Gasteiger partial charge on any atom is 0.182 e. The number of fused-ring (bicyclic) bond motifs is 1. The number of H-pyrrole nitrogens is 1. The average Bonchev–Trinajstić information content (AvgIpc) is 2.95. The molecule has 2 aromatic rings. The molecule has 1 fully saturated rings. The van der Waals surface area contributed by atoms with Crippen LogP contribution in [0.4, 0.5) is 4.39 Å². The van der Waals surface area contributed by atoms with Gasteiger partial charge in [0.1, 0.15) is 5.82 Å². The molecule has 0 bridgehead atoms. The molecule has 2 heterocycles. The van der Waals surface area contributed by atoms with E-state index in [9.17, 15) is 9.18 Å². The first-order valence-electron chi connectivity index (χ1n) is 6.18. The van der Waals surface area contributed by atoms with E-state index >= 15 is 0 Å². The lowest BCUT2D eigenvalue weighted by Crippen LogP contribution is -2.32. The second-order valence-electron chi connectivity index (χ2n) is 4.87. The third kappa shape index (κ3) is 1.64. The van der Waals surface area contributed by atoms with E-state index in [0.717, 1.165) is 19.4 Å². The highest BCUT2D eigenvalue weighted by molar-refractivity contribution is 6.10. The molecule has 1 N–H and O–H groups in total. The quantitative estimate of drug-likeness (QED) is 0.827. The van der Waals surface area contributed by atoms with Gasteiger partial charge in [-0.3, -0.25) is 9.69 Å². The molecule has 4 heteroatoms. The monoisotopic (exact) mass is 246 g/mol. The number of halogens is 1. The van der Waals surface area contributed by atoms with E-state index < -0.39 is 0 Å². The van der Waals surface area contributed by atoms with Crippen LogP contribution in [0.3, 0.4) is 0 Å². The lowest BCUT2D eigenvalue weighted by molar-refractivity contribution is 0.0892. The molecule has 0 spiro atoms. The molecule has 0 aliphatic carbocycles. The fourth-order valence-corrected chi connectivity index (χ4v) is 2.76. The number of nitrogens with one attached hydrogen (secondary N) is 1. The number of likely N-dealkylation sites (tertiary alicyclic amines) is 1. The predicted molar refractivity (Wildman–Crippen MR) is 68.2 cm³/mol. The van der Waals surface area contributed by atoms with Gasteiger partial charge in [-0.05, 0) is 38.6 Å². The first kappa shape index (κ1) is 11.4. The van der Waals surface area contributed by atoms with Gasteiger partial charge in [0.2, 0.25) is 0 Å². The number of carbonyl (C=O) groups is 1. The molecule has 18 heavy (non-hydrogen) atoms. The lowest BCUT2D eigenvalue weighted by Gasteiger charge is -2.17. The Bertz CT molecular complexity index is 605. The average molecular weight is 246 g/mol. The number of aromatic nitrogens is 1. The van der Waals surface area contributed by atoms with Gasteiger partial charge >= 0.3 is 0 Å².